The Morgan fingerprint density at radius 2 is 2.11 bits per heavy atom. The molecule has 0 aromatic heterocycles. The van der Waals surface area contributed by atoms with E-state index in [1.54, 1.807) is 25.3 Å². The molecule has 0 radical (unpaired) electrons. The van der Waals surface area contributed by atoms with Gasteiger partial charge < -0.3 is 19.3 Å². The number of fused-ring (bicyclic) bond motifs is 3. The first kappa shape index (κ1) is 18.6. The molecule has 0 amide bonds. The van der Waals surface area contributed by atoms with Crippen LogP contribution in [0.1, 0.15) is 17.0 Å². The van der Waals surface area contributed by atoms with E-state index in [0.29, 0.717) is 31.1 Å². The number of carboxylic acids is 1. The highest BCUT2D eigenvalue weighted by atomic mass is 19.1. The lowest BCUT2D eigenvalue weighted by atomic mass is 9.73. The molecule has 2 heterocycles. The van der Waals surface area contributed by atoms with Gasteiger partial charge in [0.15, 0.2) is 11.6 Å². The summed E-state index contributed by atoms with van der Waals surface area (Å²) in [5.41, 5.74) is 0.744. The topological polar surface area (TPSA) is 68.2 Å². The summed E-state index contributed by atoms with van der Waals surface area (Å²) in [6, 6.07) is 10.2. The Bertz CT molecular complexity index is 918. The fourth-order valence-corrected chi connectivity index (χ4v) is 4.27. The molecule has 148 valence electrons. The van der Waals surface area contributed by atoms with Gasteiger partial charge in [0.05, 0.1) is 14.2 Å². The number of carbonyl (C=O) groups is 1. The molecule has 0 spiro atoms. The number of hydrogen-bond donors (Lipinski definition) is 1. The third-order valence-electron chi connectivity index (χ3n) is 5.74. The van der Waals surface area contributed by atoms with Crippen molar-refractivity contribution in [2.24, 2.45) is 5.41 Å². The number of likely N-dealkylation sites (tertiary alicyclic amines) is 1. The molecule has 0 aliphatic carbocycles. The summed E-state index contributed by atoms with van der Waals surface area (Å²) < 4.78 is 29.8. The van der Waals surface area contributed by atoms with Gasteiger partial charge in [-0.05, 0) is 23.8 Å². The zero-order chi connectivity index (χ0) is 19.9. The molecule has 2 aromatic rings. The van der Waals surface area contributed by atoms with Crippen LogP contribution in [0.3, 0.4) is 0 Å². The molecule has 1 N–H and O–H groups in total. The van der Waals surface area contributed by atoms with Crippen LogP contribution in [0.4, 0.5) is 4.39 Å². The van der Waals surface area contributed by atoms with E-state index in [4.69, 9.17) is 14.2 Å². The largest absolute Gasteiger partial charge is 0.497 e. The summed E-state index contributed by atoms with van der Waals surface area (Å²) >= 11 is 0. The van der Waals surface area contributed by atoms with Gasteiger partial charge >= 0.3 is 5.97 Å². The maximum atomic E-state index is 13.7. The van der Waals surface area contributed by atoms with E-state index in [1.165, 1.54) is 13.2 Å². The summed E-state index contributed by atoms with van der Waals surface area (Å²) in [6.45, 7) is 1.55. The first-order chi connectivity index (χ1) is 13.5. The van der Waals surface area contributed by atoms with Crippen LogP contribution < -0.4 is 14.2 Å². The van der Waals surface area contributed by atoms with Gasteiger partial charge in [-0.15, -0.1) is 0 Å². The van der Waals surface area contributed by atoms with Gasteiger partial charge in [0.2, 0.25) is 0 Å². The SMILES string of the molecule is COc1ccc2c(c1)OC[C@]1(C(=O)O)CN(Cc3ccc(F)c(OC)c3)C[C@H]21. The highest BCUT2D eigenvalue weighted by molar-refractivity contribution is 5.78. The Balaban J connectivity index is 1.63. The molecule has 0 saturated carbocycles. The monoisotopic (exact) mass is 387 g/mol. The lowest BCUT2D eigenvalue weighted by molar-refractivity contribution is -0.151. The van der Waals surface area contributed by atoms with Gasteiger partial charge in [0, 0.05) is 37.2 Å². The first-order valence-corrected chi connectivity index (χ1v) is 9.06. The van der Waals surface area contributed by atoms with Crippen LogP contribution in [-0.2, 0) is 11.3 Å². The zero-order valence-electron chi connectivity index (χ0n) is 15.8. The number of nitrogens with zero attached hydrogens (tertiary/aromatic N) is 1. The Hall–Kier alpha value is -2.80. The van der Waals surface area contributed by atoms with Crippen LogP contribution in [-0.4, -0.2) is 49.9 Å². The lowest BCUT2D eigenvalue weighted by Gasteiger charge is -2.36. The fraction of sp³-hybridized carbons (Fsp3) is 0.381. The Labute approximate surface area is 162 Å². The molecule has 0 bridgehead atoms. The molecule has 2 aliphatic rings. The number of carboxylic acid groups (broad SMARTS) is 1. The second-order valence-electron chi connectivity index (χ2n) is 7.34. The minimum absolute atomic E-state index is 0.108. The molecule has 2 atom stereocenters. The third kappa shape index (κ3) is 2.96. The predicted octanol–water partition coefficient (Wildman–Crippen LogP) is 2.91. The highest BCUT2D eigenvalue weighted by Crippen LogP contribution is 2.50. The van der Waals surface area contributed by atoms with Crippen LogP contribution in [0.2, 0.25) is 0 Å². The van der Waals surface area contributed by atoms with Crippen molar-refractivity contribution < 1.29 is 28.5 Å². The number of hydrogen-bond acceptors (Lipinski definition) is 5. The second kappa shape index (κ2) is 6.98. The van der Waals surface area contributed by atoms with Crippen molar-refractivity contribution in [3.8, 4) is 17.2 Å². The number of aliphatic carboxylic acids is 1. The van der Waals surface area contributed by atoms with Crippen LogP contribution in [0, 0.1) is 11.2 Å². The van der Waals surface area contributed by atoms with E-state index in [0.717, 1.165) is 11.1 Å². The van der Waals surface area contributed by atoms with Crippen molar-refractivity contribution in [1.82, 2.24) is 4.90 Å². The Morgan fingerprint density at radius 3 is 2.82 bits per heavy atom. The van der Waals surface area contributed by atoms with Crippen molar-refractivity contribution in [2.45, 2.75) is 12.5 Å². The van der Waals surface area contributed by atoms with E-state index in [-0.39, 0.29) is 18.3 Å². The van der Waals surface area contributed by atoms with Gasteiger partial charge in [-0.1, -0.05) is 12.1 Å². The number of methoxy groups -OCH3 is 2. The smallest absolute Gasteiger partial charge is 0.315 e. The minimum Gasteiger partial charge on any atom is -0.497 e. The minimum atomic E-state index is -1.01. The Morgan fingerprint density at radius 1 is 1.29 bits per heavy atom. The zero-order valence-corrected chi connectivity index (χ0v) is 15.8. The van der Waals surface area contributed by atoms with Gasteiger partial charge in [-0.2, -0.15) is 0 Å². The standard InChI is InChI=1S/C21H22FNO5/c1-26-14-4-5-15-16-10-23(9-13-3-6-17(22)19(7-13)27-2)11-21(16,20(24)25)12-28-18(15)8-14/h3-8,16H,9-12H2,1-2H3,(H,24,25)/t16-,21-/m1/s1. The van der Waals surface area contributed by atoms with Crippen LogP contribution in [0.5, 0.6) is 17.2 Å². The van der Waals surface area contributed by atoms with Crippen molar-refractivity contribution in [2.75, 3.05) is 33.9 Å². The van der Waals surface area contributed by atoms with Gasteiger partial charge in [-0.25, -0.2) is 4.39 Å². The summed E-state index contributed by atoms with van der Waals surface area (Å²) in [5.74, 6) is 0.0592. The molecule has 7 heteroatoms. The number of halogens is 1. The molecular formula is C21H22FNO5. The molecule has 1 fully saturated rings. The van der Waals surface area contributed by atoms with Crippen molar-refractivity contribution in [3.05, 3.63) is 53.3 Å². The average Bonchev–Trinajstić information content (AvgIpc) is 3.08. The van der Waals surface area contributed by atoms with Crippen LogP contribution in [0.15, 0.2) is 36.4 Å². The third-order valence-corrected chi connectivity index (χ3v) is 5.74. The van der Waals surface area contributed by atoms with E-state index in [1.807, 2.05) is 12.1 Å². The van der Waals surface area contributed by atoms with E-state index < -0.39 is 17.2 Å². The quantitative estimate of drug-likeness (QED) is 0.851. The van der Waals surface area contributed by atoms with Crippen molar-refractivity contribution in [1.29, 1.82) is 0 Å². The molecule has 0 unspecified atom stereocenters. The number of benzene rings is 2. The lowest BCUT2D eigenvalue weighted by Crippen LogP contribution is -2.45. The maximum Gasteiger partial charge on any atom is 0.315 e. The number of rotatable bonds is 5. The molecule has 1 saturated heterocycles. The van der Waals surface area contributed by atoms with Gasteiger partial charge in [0.1, 0.15) is 23.5 Å². The molecule has 4 rings (SSSR count). The number of ether oxygens (including phenoxy) is 3. The van der Waals surface area contributed by atoms with Gasteiger partial charge in [0.25, 0.3) is 0 Å². The summed E-state index contributed by atoms with van der Waals surface area (Å²) in [4.78, 5) is 14.3. The molecule has 28 heavy (non-hydrogen) atoms. The summed E-state index contributed by atoms with van der Waals surface area (Å²) in [5, 5.41) is 10.0. The van der Waals surface area contributed by atoms with Crippen molar-refractivity contribution in [3.63, 3.8) is 0 Å². The van der Waals surface area contributed by atoms with E-state index in [9.17, 15) is 14.3 Å². The highest BCUT2D eigenvalue weighted by Gasteiger charge is 2.56. The molecular weight excluding hydrogens is 365 g/mol. The maximum absolute atomic E-state index is 13.7. The van der Waals surface area contributed by atoms with Crippen molar-refractivity contribution >= 4 is 5.97 Å². The second-order valence-corrected chi connectivity index (χ2v) is 7.34. The summed E-state index contributed by atoms with van der Waals surface area (Å²) in [7, 11) is 3.01. The van der Waals surface area contributed by atoms with Gasteiger partial charge in [-0.3, -0.25) is 9.69 Å². The molecule has 2 aliphatic heterocycles. The predicted molar refractivity (Wildman–Crippen MR) is 99.5 cm³/mol. The fourth-order valence-electron chi connectivity index (χ4n) is 4.27. The molecule has 6 nitrogen and oxygen atoms in total. The van der Waals surface area contributed by atoms with E-state index >= 15 is 0 Å². The van der Waals surface area contributed by atoms with Crippen LogP contribution >= 0.6 is 0 Å². The van der Waals surface area contributed by atoms with Crippen LogP contribution in [0.25, 0.3) is 0 Å². The summed E-state index contributed by atoms with van der Waals surface area (Å²) in [6.07, 6.45) is 0. The first-order valence-electron chi connectivity index (χ1n) is 9.06. The average molecular weight is 387 g/mol. The molecule has 2 aromatic carbocycles. The van der Waals surface area contributed by atoms with E-state index in [2.05, 4.69) is 4.90 Å². The Kier molecular flexibility index (Phi) is 4.63. The normalized spacial score (nSPS) is 23.5.